The van der Waals surface area contributed by atoms with E-state index in [4.69, 9.17) is 4.74 Å². The van der Waals surface area contributed by atoms with Crippen LogP contribution in [0.2, 0.25) is 0 Å². The Balaban J connectivity index is 4.06. The van der Waals surface area contributed by atoms with Crippen molar-refractivity contribution in [3.05, 3.63) is 0 Å². The molecule has 0 aromatic carbocycles. The van der Waals surface area contributed by atoms with Gasteiger partial charge in [-0.1, -0.05) is 36.7 Å². The van der Waals surface area contributed by atoms with Crippen molar-refractivity contribution in [2.75, 3.05) is 7.11 Å². The Bertz CT molecular complexity index is 143. The zero-order valence-corrected chi connectivity index (χ0v) is 11.3. The predicted octanol–water partition coefficient (Wildman–Crippen LogP) is 3.86. The molecule has 0 aliphatic heterocycles. The molecule has 0 N–H and O–H groups in total. The molecule has 2 atom stereocenters. The van der Waals surface area contributed by atoms with Crippen LogP contribution in [-0.4, -0.2) is 17.5 Å². The first-order valence-corrected chi connectivity index (χ1v) is 5.91. The van der Waals surface area contributed by atoms with Gasteiger partial charge in [0.1, 0.15) is 0 Å². The zero-order valence-electron chi connectivity index (χ0n) is 9.73. The fourth-order valence-electron chi connectivity index (χ4n) is 1.63. The summed E-state index contributed by atoms with van der Waals surface area (Å²) in [4.78, 5) is 0.585. The van der Waals surface area contributed by atoms with Gasteiger partial charge in [0.15, 0.2) is 0 Å². The molecule has 13 heavy (non-hydrogen) atoms. The van der Waals surface area contributed by atoms with Gasteiger partial charge in [0.25, 0.3) is 0 Å². The summed E-state index contributed by atoms with van der Waals surface area (Å²) in [5.41, 5.74) is 0.000324. The number of hydrogen-bond acceptors (Lipinski definition) is 1. The molecule has 0 aliphatic rings. The third-order valence-electron chi connectivity index (χ3n) is 2.55. The van der Waals surface area contributed by atoms with E-state index in [2.05, 4.69) is 50.5 Å². The lowest BCUT2D eigenvalue weighted by Gasteiger charge is -2.30. The minimum atomic E-state index is 0.000324. The molecule has 0 bridgehead atoms. The van der Waals surface area contributed by atoms with Crippen molar-refractivity contribution in [1.29, 1.82) is 0 Å². The molecule has 0 saturated carbocycles. The minimum absolute atomic E-state index is 0.000324. The second-order valence-electron chi connectivity index (χ2n) is 4.83. The normalized spacial score (nSPS) is 17.5. The van der Waals surface area contributed by atoms with Crippen LogP contribution in [0.3, 0.4) is 0 Å². The summed E-state index contributed by atoms with van der Waals surface area (Å²) in [6, 6.07) is 0. The smallest absolute Gasteiger partial charge is 0.0625 e. The molecule has 0 heterocycles. The van der Waals surface area contributed by atoms with Crippen molar-refractivity contribution < 1.29 is 4.74 Å². The van der Waals surface area contributed by atoms with Crippen LogP contribution in [0.5, 0.6) is 0 Å². The molecular weight excluding hydrogens is 228 g/mol. The van der Waals surface area contributed by atoms with E-state index in [0.717, 1.165) is 6.42 Å². The lowest BCUT2D eigenvalue weighted by Crippen LogP contribution is -2.30. The van der Waals surface area contributed by atoms with Crippen LogP contribution in [0, 0.1) is 11.8 Å². The average molecular weight is 251 g/mol. The van der Waals surface area contributed by atoms with E-state index < -0.39 is 0 Å². The number of methoxy groups -OCH3 is 1. The molecule has 0 aromatic rings. The van der Waals surface area contributed by atoms with E-state index in [1.807, 2.05) is 0 Å². The maximum absolute atomic E-state index is 5.42. The second kappa shape index (κ2) is 5.35. The number of hydrogen-bond donors (Lipinski definition) is 0. The monoisotopic (exact) mass is 250 g/mol. The third kappa shape index (κ3) is 5.02. The first kappa shape index (κ1) is 13.4. The number of ether oxygens (including phenoxy) is 1. The molecule has 0 aromatic heterocycles. The quantitative estimate of drug-likeness (QED) is 0.674. The number of alkyl halides is 1. The number of halogens is 1. The van der Waals surface area contributed by atoms with E-state index in [9.17, 15) is 0 Å². The Kier molecular flexibility index (Phi) is 5.53. The molecule has 2 unspecified atom stereocenters. The molecule has 0 fully saturated rings. The van der Waals surface area contributed by atoms with Gasteiger partial charge >= 0.3 is 0 Å². The first-order chi connectivity index (χ1) is 5.80. The Morgan fingerprint density at radius 3 is 2.00 bits per heavy atom. The summed E-state index contributed by atoms with van der Waals surface area (Å²) < 4.78 is 5.42. The van der Waals surface area contributed by atoms with Gasteiger partial charge in [0.05, 0.1) is 5.60 Å². The Morgan fingerprint density at radius 2 is 1.69 bits per heavy atom. The van der Waals surface area contributed by atoms with Gasteiger partial charge < -0.3 is 4.74 Å². The Labute approximate surface area is 91.4 Å². The maximum Gasteiger partial charge on any atom is 0.0625 e. The predicted molar refractivity (Wildman–Crippen MR) is 62.4 cm³/mol. The SMILES string of the molecule is COC(C)(C)CC(C)C(Br)C(C)C. The van der Waals surface area contributed by atoms with E-state index >= 15 is 0 Å². The van der Waals surface area contributed by atoms with E-state index in [1.54, 1.807) is 7.11 Å². The third-order valence-corrected chi connectivity index (χ3v) is 4.51. The summed E-state index contributed by atoms with van der Waals surface area (Å²) in [6.45, 7) is 11.1. The van der Waals surface area contributed by atoms with Crippen LogP contribution in [-0.2, 0) is 4.74 Å². The molecule has 1 nitrogen and oxygen atoms in total. The Hall–Kier alpha value is 0.440. The van der Waals surface area contributed by atoms with Gasteiger partial charge in [-0.05, 0) is 32.1 Å². The summed E-state index contributed by atoms with van der Waals surface area (Å²) in [5.74, 6) is 1.33. The van der Waals surface area contributed by atoms with Crippen molar-refractivity contribution in [1.82, 2.24) is 0 Å². The summed E-state index contributed by atoms with van der Waals surface area (Å²) in [5, 5.41) is 0. The van der Waals surface area contributed by atoms with Crippen LogP contribution in [0.25, 0.3) is 0 Å². The van der Waals surface area contributed by atoms with Crippen molar-refractivity contribution in [3.63, 3.8) is 0 Å². The van der Waals surface area contributed by atoms with Crippen LogP contribution in [0.1, 0.15) is 41.0 Å². The van der Waals surface area contributed by atoms with Crippen LogP contribution in [0.15, 0.2) is 0 Å². The highest BCUT2D eigenvalue weighted by Crippen LogP contribution is 2.29. The summed E-state index contributed by atoms with van der Waals surface area (Å²) >= 11 is 3.73. The van der Waals surface area contributed by atoms with E-state index in [0.29, 0.717) is 16.7 Å². The van der Waals surface area contributed by atoms with Gasteiger partial charge in [0.2, 0.25) is 0 Å². The van der Waals surface area contributed by atoms with E-state index in [1.165, 1.54) is 0 Å². The van der Waals surface area contributed by atoms with Crippen LogP contribution < -0.4 is 0 Å². The Morgan fingerprint density at radius 1 is 1.23 bits per heavy atom. The van der Waals surface area contributed by atoms with Gasteiger partial charge in [-0.15, -0.1) is 0 Å². The van der Waals surface area contributed by atoms with Gasteiger partial charge in [0, 0.05) is 11.9 Å². The highest BCUT2D eigenvalue weighted by Gasteiger charge is 2.25. The van der Waals surface area contributed by atoms with Gasteiger partial charge in [-0.3, -0.25) is 0 Å². The van der Waals surface area contributed by atoms with E-state index in [-0.39, 0.29) is 5.60 Å². The summed E-state index contributed by atoms with van der Waals surface area (Å²) in [6.07, 6.45) is 1.09. The van der Waals surface area contributed by atoms with Crippen molar-refractivity contribution in [3.8, 4) is 0 Å². The van der Waals surface area contributed by atoms with Crippen molar-refractivity contribution >= 4 is 15.9 Å². The van der Waals surface area contributed by atoms with Crippen LogP contribution >= 0.6 is 15.9 Å². The molecule has 0 radical (unpaired) electrons. The fraction of sp³-hybridized carbons (Fsp3) is 1.00. The summed E-state index contributed by atoms with van der Waals surface area (Å²) in [7, 11) is 1.78. The highest BCUT2D eigenvalue weighted by atomic mass is 79.9. The molecule has 0 saturated heterocycles. The lowest BCUT2D eigenvalue weighted by atomic mass is 9.88. The lowest BCUT2D eigenvalue weighted by molar-refractivity contribution is 0.00282. The zero-order chi connectivity index (χ0) is 10.6. The van der Waals surface area contributed by atoms with Crippen LogP contribution in [0.4, 0.5) is 0 Å². The standard InChI is InChI=1S/C11H23BrO/c1-8(2)10(12)9(3)7-11(4,5)13-6/h8-10H,7H2,1-6H3. The van der Waals surface area contributed by atoms with Crippen molar-refractivity contribution in [2.45, 2.75) is 51.5 Å². The van der Waals surface area contributed by atoms with Crippen molar-refractivity contribution in [2.24, 2.45) is 11.8 Å². The largest absolute Gasteiger partial charge is 0.379 e. The first-order valence-electron chi connectivity index (χ1n) is 4.99. The van der Waals surface area contributed by atoms with Gasteiger partial charge in [-0.25, -0.2) is 0 Å². The molecular formula is C11H23BrO. The molecule has 0 rings (SSSR count). The molecule has 80 valence electrons. The minimum Gasteiger partial charge on any atom is -0.379 e. The molecule has 0 amide bonds. The topological polar surface area (TPSA) is 9.23 Å². The fourth-order valence-corrected chi connectivity index (χ4v) is 1.82. The maximum atomic E-state index is 5.42. The number of rotatable bonds is 5. The molecule has 2 heteroatoms. The molecule has 0 spiro atoms. The second-order valence-corrected chi connectivity index (χ2v) is 5.89. The van der Waals surface area contributed by atoms with Gasteiger partial charge in [-0.2, -0.15) is 0 Å². The average Bonchev–Trinajstić information content (AvgIpc) is 2.02. The molecule has 0 aliphatic carbocycles. The highest BCUT2D eigenvalue weighted by molar-refractivity contribution is 9.09.